The Balaban J connectivity index is 1.53. The monoisotopic (exact) mass is 343 g/mol. The van der Waals surface area contributed by atoms with Crippen LogP contribution in [0.1, 0.15) is 24.2 Å². The lowest BCUT2D eigenvalue weighted by molar-refractivity contribution is -0.139. The minimum Gasteiger partial charge on any atom is -0.360 e. The molecule has 0 atom stereocenters. The quantitative estimate of drug-likeness (QED) is 0.855. The molecule has 0 bridgehead atoms. The van der Waals surface area contributed by atoms with E-state index in [1.165, 1.54) is 12.1 Å². The van der Waals surface area contributed by atoms with Crippen molar-refractivity contribution in [1.82, 2.24) is 15.0 Å². The lowest BCUT2D eigenvalue weighted by atomic mass is 10.0. The molecule has 0 unspecified atom stereocenters. The maximum atomic E-state index is 13.5. The van der Waals surface area contributed by atoms with Crippen molar-refractivity contribution in [2.24, 2.45) is 0 Å². The Bertz CT molecular complexity index is 833. The Morgan fingerprint density at radius 3 is 2.92 bits per heavy atom. The van der Waals surface area contributed by atoms with E-state index in [0.29, 0.717) is 43.7 Å². The highest BCUT2D eigenvalue weighted by atomic mass is 19.1. The predicted octanol–water partition coefficient (Wildman–Crippen LogP) is 1.99. The van der Waals surface area contributed by atoms with Gasteiger partial charge in [-0.25, -0.2) is 4.39 Å². The molecule has 6 nitrogen and oxygen atoms in total. The molecule has 3 heterocycles. The van der Waals surface area contributed by atoms with Gasteiger partial charge in [0.1, 0.15) is 17.3 Å². The third-order valence-corrected chi connectivity index (χ3v) is 4.78. The molecule has 130 valence electrons. The average molecular weight is 343 g/mol. The molecule has 25 heavy (non-hydrogen) atoms. The summed E-state index contributed by atoms with van der Waals surface area (Å²) in [5.41, 5.74) is 2.02. The van der Waals surface area contributed by atoms with Gasteiger partial charge in [0.2, 0.25) is 11.8 Å². The van der Waals surface area contributed by atoms with E-state index in [1.54, 1.807) is 21.9 Å². The zero-order valence-corrected chi connectivity index (χ0v) is 13.7. The van der Waals surface area contributed by atoms with Gasteiger partial charge >= 0.3 is 0 Å². The Labute approximate surface area is 144 Å². The van der Waals surface area contributed by atoms with E-state index in [2.05, 4.69) is 5.16 Å². The second-order valence-corrected chi connectivity index (χ2v) is 6.43. The Hall–Kier alpha value is -2.70. The summed E-state index contributed by atoms with van der Waals surface area (Å²) in [6.07, 6.45) is 1.90. The molecule has 1 aromatic carbocycles. The molecular formula is C18H18FN3O3. The number of aromatic nitrogens is 1. The van der Waals surface area contributed by atoms with Crippen molar-refractivity contribution in [3.05, 3.63) is 41.4 Å². The van der Waals surface area contributed by atoms with Crippen LogP contribution in [0.2, 0.25) is 0 Å². The number of carbonyl (C=O) groups is 2. The summed E-state index contributed by atoms with van der Waals surface area (Å²) in [7, 11) is 0. The molecule has 0 spiro atoms. The van der Waals surface area contributed by atoms with Gasteiger partial charge in [-0.15, -0.1) is 0 Å². The first-order chi connectivity index (χ1) is 12.1. The summed E-state index contributed by atoms with van der Waals surface area (Å²) >= 11 is 0. The number of hydrogen-bond acceptors (Lipinski definition) is 4. The van der Waals surface area contributed by atoms with E-state index < -0.39 is 0 Å². The normalized spacial score (nSPS) is 17.1. The van der Waals surface area contributed by atoms with Crippen LogP contribution in [0, 0.1) is 5.82 Å². The summed E-state index contributed by atoms with van der Waals surface area (Å²) in [4.78, 5) is 27.6. The van der Waals surface area contributed by atoms with Crippen LogP contribution < -0.4 is 0 Å². The molecule has 0 aliphatic carbocycles. The second-order valence-electron chi connectivity index (χ2n) is 6.43. The third-order valence-electron chi connectivity index (χ3n) is 4.78. The minimum atomic E-state index is -0.342. The van der Waals surface area contributed by atoms with Gasteiger partial charge in [-0.3, -0.25) is 9.59 Å². The van der Waals surface area contributed by atoms with Crippen molar-refractivity contribution in [2.75, 3.05) is 19.6 Å². The molecule has 2 aliphatic heterocycles. The number of fused-ring (bicyclic) bond motifs is 1. The van der Waals surface area contributed by atoms with E-state index in [-0.39, 0.29) is 24.2 Å². The summed E-state index contributed by atoms with van der Waals surface area (Å²) in [6, 6.07) is 6.17. The van der Waals surface area contributed by atoms with Gasteiger partial charge in [0.25, 0.3) is 0 Å². The first-order valence-electron chi connectivity index (χ1n) is 8.41. The average Bonchev–Trinajstić information content (AvgIpc) is 3.20. The molecule has 0 radical (unpaired) electrons. The van der Waals surface area contributed by atoms with Gasteiger partial charge in [-0.2, -0.15) is 0 Å². The number of amides is 2. The molecule has 1 aromatic heterocycles. The second kappa shape index (κ2) is 6.31. The van der Waals surface area contributed by atoms with Crippen LogP contribution in [0.3, 0.4) is 0 Å². The van der Waals surface area contributed by atoms with Crippen LogP contribution in [0.15, 0.2) is 28.8 Å². The SMILES string of the molecule is O=C1CCCN1CC(=O)N1CCc2onc(-c3cccc(F)c3)c2C1. The Morgan fingerprint density at radius 1 is 1.28 bits per heavy atom. The largest absolute Gasteiger partial charge is 0.360 e. The first kappa shape index (κ1) is 15.8. The van der Waals surface area contributed by atoms with E-state index in [1.807, 2.05) is 0 Å². The maximum Gasteiger partial charge on any atom is 0.242 e. The third kappa shape index (κ3) is 3.01. The summed E-state index contributed by atoms with van der Waals surface area (Å²) in [6.45, 7) is 1.66. The fraction of sp³-hybridized carbons (Fsp3) is 0.389. The molecule has 4 rings (SSSR count). The van der Waals surface area contributed by atoms with Crippen molar-refractivity contribution in [1.29, 1.82) is 0 Å². The zero-order valence-electron chi connectivity index (χ0n) is 13.7. The molecule has 2 amide bonds. The van der Waals surface area contributed by atoms with Gasteiger partial charge in [0.15, 0.2) is 0 Å². The number of carbonyl (C=O) groups excluding carboxylic acids is 2. The van der Waals surface area contributed by atoms with E-state index in [0.717, 1.165) is 17.7 Å². The van der Waals surface area contributed by atoms with Crippen LogP contribution in [0.25, 0.3) is 11.3 Å². The first-order valence-corrected chi connectivity index (χ1v) is 8.41. The van der Waals surface area contributed by atoms with Gasteiger partial charge in [-0.1, -0.05) is 17.3 Å². The van der Waals surface area contributed by atoms with Crippen LogP contribution in [0.4, 0.5) is 4.39 Å². The fourth-order valence-corrected chi connectivity index (χ4v) is 3.42. The minimum absolute atomic E-state index is 0.0384. The predicted molar refractivity (Wildman–Crippen MR) is 86.8 cm³/mol. The van der Waals surface area contributed by atoms with Crippen LogP contribution in [0.5, 0.6) is 0 Å². The molecule has 2 aromatic rings. The van der Waals surface area contributed by atoms with Crippen molar-refractivity contribution in [3.8, 4) is 11.3 Å². The maximum absolute atomic E-state index is 13.5. The van der Waals surface area contributed by atoms with E-state index in [4.69, 9.17) is 4.52 Å². The summed E-state index contributed by atoms with van der Waals surface area (Å²) in [5.74, 6) is 0.356. The smallest absolute Gasteiger partial charge is 0.242 e. The highest BCUT2D eigenvalue weighted by Gasteiger charge is 2.30. The van der Waals surface area contributed by atoms with Crippen molar-refractivity contribution in [3.63, 3.8) is 0 Å². The molecule has 1 saturated heterocycles. The van der Waals surface area contributed by atoms with Crippen molar-refractivity contribution in [2.45, 2.75) is 25.8 Å². The fourth-order valence-electron chi connectivity index (χ4n) is 3.42. The zero-order chi connectivity index (χ0) is 17.4. The highest BCUT2D eigenvalue weighted by Crippen LogP contribution is 2.30. The van der Waals surface area contributed by atoms with E-state index in [9.17, 15) is 14.0 Å². The number of halogens is 1. The van der Waals surface area contributed by atoms with Gasteiger partial charge in [0.05, 0.1) is 13.1 Å². The van der Waals surface area contributed by atoms with Crippen LogP contribution in [-0.4, -0.2) is 46.4 Å². The standard InChI is InChI=1S/C18H18FN3O3/c19-13-4-1-3-12(9-13)18-14-10-22(8-6-15(14)25-20-18)17(24)11-21-7-2-5-16(21)23/h1,3-4,9H,2,5-8,10-11H2. The number of nitrogens with zero attached hydrogens (tertiary/aromatic N) is 3. The lowest BCUT2D eigenvalue weighted by Crippen LogP contribution is -2.42. The molecule has 1 fully saturated rings. The van der Waals surface area contributed by atoms with Crippen LogP contribution in [-0.2, 0) is 22.6 Å². The molecular weight excluding hydrogens is 325 g/mol. The number of likely N-dealkylation sites (tertiary alicyclic amines) is 1. The highest BCUT2D eigenvalue weighted by molar-refractivity contribution is 5.86. The van der Waals surface area contributed by atoms with Crippen molar-refractivity contribution >= 4 is 11.8 Å². The van der Waals surface area contributed by atoms with Crippen molar-refractivity contribution < 1.29 is 18.5 Å². The Kier molecular flexibility index (Phi) is 3.99. The van der Waals surface area contributed by atoms with Gasteiger partial charge in [-0.05, 0) is 18.6 Å². The molecule has 7 heteroatoms. The topological polar surface area (TPSA) is 66.7 Å². The van der Waals surface area contributed by atoms with Crippen LogP contribution >= 0.6 is 0 Å². The van der Waals surface area contributed by atoms with Gasteiger partial charge < -0.3 is 14.3 Å². The summed E-state index contributed by atoms with van der Waals surface area (Å²) in [5, 5.41) is 4.07. The number of benzene rings is 1. The Morgan fingerprint density at radius 2 is 2.16 bits per heavy atom. The molecule has 0 N–H and O–H groups in total. The number of rotatable bonds is 3. The molecule has 0 saturated carbocycles. The summed E-state index contributed by atoms with van der Waals surface area (Å²) < 4.78 is 18.9. The van der Waals surface area contributed by atoms with E-state index >= 15 is 0 Å². The molecule has 2 aliphatic rings. The van der Waals surface area contributed by atoms with Gasteiger partial charge in [0, 0.05) is 37.1 Å². The lowest BCUT2D eigenvalue weighted by Gasteiger charge is -2.28. The number of hydrogen-bond donors (Lipinski definition) is 0.